The lowest BCUT2D eigenvalue weighted by atomic mass is 10.1. The zero-order valence-corrected chi connectivity index (χ0v) is 8.04. The average Bonchev–Trinajstić information content (AvgIpc) is 2.82. The Kier molecular flexibility index (Phi) is 2.53. The van der Waals surface area contributed by atoms with Crippen LogP contribution in [0.25, 0.3) is 0 Å². The van der Waals surface area contributed by atoms with Crippen LogP contribution in [0.5, 0.6) is 11.6 Å². The molecule has 0 unspecified atom stereocenters. The fraction of sp³-hybridized carbons (Fsp3) is 0. The summed E-state index contributed by atoms with van der Waals surface area (Å²) in [5, 5.41) is 17.8. The number of para-hydroxylation sites is 1. The standard InChI is InChI=1S/C11H5N3O2/c12-4-8-2-1-3-9(5-13)11(8)16-10-6-15-7-14-10/h1-3,6-7H. The first kappa shape index (κ1) is 9.75. The summed E-state index contributed by atoms with van der Waals surface area (Å²) >= 11 is 0. The van der Waals surface area contributed by atoms with Crippen LogP contribution < -0.4 is 4.74 Å². The summed E-state index contributed by atoms with van der Waals surface area (Å²) < 4.78 is 10.0. The highest BCUT2D eigenvalue weighted by Crippen LogP contribution is 2.27. The summed E-state index contributed by atoms with van der Waals surface area (Å²) in [5.74, 6) is 0.403. The zero-order chi connectivity index (χ0) is 11.4. The van der Waals surface area contributed by atoms with Crippen molar-refractivity contribution in [1.82, 2.24) is 4.98 Å². The molecule has 0 saturated carbocycles. The summed E-state index contributed by atoms with van der Waals surface area (Å²) in [6.45, 7) is 0. The Labute approximate surface area is 91.1 Å². The number of rotatable bonds is 2. The third-order valence-electron chi connectivity index (χ3n) is 1.87. The quantitative estimate of drug-likeness (QED) is 0.760. The van der Waals surface area contributed by atoms with Crippen LogP contribution in [-0.4, -0.2) is 4.98 Å². The number of nitriles is 2. The molecule has 2 aromatic rings. The molecule has 0 aliphatic heterocycles. The molecular weight excluding hydrogens is 206 g/mol. The Balaban J connectivity index is 2.47. The Morgan fingerprint density at radius 1 is 1.19 bits per heavy atom. The van der Waals surface area contributed by atoms with Crippen molar-refractivity contribution in [1.29, 1.82) is 10.5 Å². The lowest BCUT2D eigenvalue weighted by molar-refractivity contribution is 0.454. The Hall–Kier alpha value is -2.79. The lowest BCUT2D eigenvalue weighted by Gasteiger charge is -2.04. The maximum absolute atomic E-state index is 8.88. The second-order valence-corrected chi connectivity index (χ2v) is 2.83. The van der Waals surface area contributed by atoms with E-state index >= 15 is 0 Å². The maximum atomic E-state index is 8.88. The van der Waals surface area contributed by atoms with Gasteiger partial charge in [-0.1, -0.05) is 6.07 Å². The minimum Gasteiger partial charge on any atom is -0.448 e. The van der Waals surface area contributed by atoms with Gasteiger partial charge in [0.15, 0.2) is 18.4 Å². The van der Waals surface area contributed by atoms with Gasteiger partial charge in [-0.05, 0) is 12.1 Å². The SMILES string of the molecule is N#Cc1cccc(C#N)c1Oc1cocn1. The highest BCUT2D eigenvalue weighted by molar-refractivity contribution is 5.54. The van der Waals surface area contributed by atoms with Gasteiger partial charge in [0.1, 0.15) is 12.1 Å². The van der Waals surface area contributed by atoms with Crippen molar-refractivity contribution in [2.45, 2.75) is 0 Å². The van der Waals surface area contributed by atoms with E-state index in [2.05, 4.69) is 4.98 Å². The van der Waals surface area contributed by atoms with Gasteiger partial charge in [-0.25, -0.2) is 0 Å². The van der Waals surface area contributed by atoms with E-state index in [0.29, 0.717) is 0 Å². The van der Waals surface area contributed by atoms with Crippen molar-refractivity contribution in [2.24, 2.45) is 0 Å². The van der Waals surface area contributed by atoms with Crippen LogP contribution in [0.3, 0.4) is 0 Å². The van der Waals surface area contributed by atoms with E-state index in [1.165, 1.54) is 12.7 Å². The molecule has 2 rings (SSSR count). The van der Waals surface area contributed by atoms with E-state index in [1.807, 2.05) is 12.1 Å². The third kappa shape index (κ3) is 1.70. The molecule has 0 atom stereocenters. The van der Waals surface area contributed by atoms with Crippen molar-refractivity contribution >= 4 is 0 Å². The first-order valence-corrected chi connectivity index (χ1v) is 4.34. The molecule has 0 aliphatic carbocycles. The zero-order valence-electron chi connectivity index (χ0n) is 8.04. The predicted octanol–water partition coefficient (Wildman–Crippen LogP) is 2.21. The minimum atomic E-state index is 0.196. The van der Waals surface area contributed by atoms with Gasteiger partial charge in [-0.2, -0.15) is 15.5 Å². The van der Waals surface area contributed by atoms with Crippen molar-refractivity contribution in [3.63, 3.8) is 0 Å². The van der Waals surface area contributed by atoms with Crippen molar-refractivity contribution in [3.8, 4) is 23.8 Å². The van der Waals surface area contributed by atoms with Crippen LogP contribution in [0.2, 0.25) is 0 Å². The molecule has 0 radical (unpaired) electrons. The molecule has 76 valence electrons. The first-order valence-electron chi connectivity index (χ1n) is 4.34. The van der Waals surface area contributed by atoms with Gasteiger partial charge >= 0.3 is 0 Å². The number of ether oxygens (including phenoxy) is 1. The van der Waals surface area contributed by atoms with E-state index < -0.39 is 0 Å². The smallest absolute Gasteiger partial charge is 0.258 e. The molecule has 0 amide bonds. The Bertz CT molecular complexity index is 544. The molecule has 1 aromatic carbocycles. The van der Waals surface area contributed by atoms with Crippen LogP contribution in [0.15, 0.2) is 35.3 Å². The second-order valence-electron chi connectivity index (χ2n) is 2.83. The highest BCUT2D eigenvalue weighted by Gasteiger charge is 2.11. The topological polar surface area (TPSA) is 82.8 Å². The van der Waals surface area contributed by atoms with Gasteiger partial charge in [0, 0.05) is 0 Å². The van der Waals surface area contributed by atoms with E-state index in [4.69, 9.17) is 19.7 Å². The molecule has 1 aromatic heterocycles. The van der Waals surface area contributed by atoms with E-state index in [0.717, 1.165) is 0 Å². The second kappa shape index (κ2) is 4.16. The molecule has 1 heterocycles. The van der Waals surface area contributed by atoms with Gasteiger partial charge in [0.2, 0.25) is 0 Å². The van der Waals surface area contributed by atoms with Crippen LogP contribution >= 0.6 is 0 Å². The van der Waals surface area contributed by atoms with E-state index in [-0.39, 0.29) is 22.8 Å². The molecule has 0 bridgehead atoms. The fourth-order valence-electron chi connectivity index (χ4n) is 1.18. The van der Waals surface area contributed by atoms with Crippen LogP contribution in [0, 0.1) is 22.7 Å². The highest BCUT2D eigenvalue weighted by atomic mass is 16.5. The van der Waals surface area contributed by atoms with Gasteiger partial charge in [0.25, 0.3) is 5.88 Å². The number of aromatic nitrogens is 1. The van der Waals surface area contributed by atoms with Gasteiger partial charge in [-0.15, -0.1) is 0 Å². The Morgan fingerprint density at radius 2 is 1.88 bits per heavy atom. The van der Waals surface area contributed by atoms with Gasteiger partial charge < -0.3 is 9.15 Å². The molecule has 0 saturated heterocycles. The van der Waals surface area contributed by atoms with E-state index in [9.17, 15) is 0 Å². The molecule has 0 spiro atoms. The van der Waals surface area contributed by atoms with Crippen molar-refractivity contribution in [2.75, 3.05) is 0 Å². The number of hydrogen-bond acceptors (Lipinski definition) is 5. The summed E-state index contributed by atoms with van der Waals surface area (Å²) in [6, 6.07) is 8.65. The fourth-order valence-corrected chi connectivity index (χ4v) is 1.18. The molecule has 0 fully saturated rings. The van der Waals surface area contributed by atoms with E-state index in [1.54, 1.807) is 18.2 Å². The maximum Gasteiger partial charge on any atom is 0.258 e. The summed E-state index contributed by atoms with van der Waals surface area (Å²) in [7, 11) is 0. The van der Waals surface area contributed by atoms with Crippen LogP contribution in [0.4, 0.5) is 0 Å². The number of nitrogens with zero attached hydrogens (tertiary/aromatic N) is 3. The number of oxazole rings is 1. The molecule has 5 heteroatoms. The molecule has 16 heavy (non-hydrogen) atoms. The summed E-state index contributed by atoms with van der Waals surface area (Å²) in [4.78, 5) is 3.75. The van der Waals surface area contributed by atoms with Crippen LogP contribution in [0.1, 0.15) is 11.1 Å². The monoisotopic (exact) mass is 211 g/mol. The predicted molar refractivity (Wildman–Crippen MR) is 52.4 cm³/mol. The third-order valence-corrected chi connectivity index (χ3v) is 1.87. The van der Waals surface area contributed by atoms with Gasteiger partial charge in [-0.3, -0.25) is 0 Å². The molecule has 0 aliphatic rings. The summed E-state index contributed by atoms with van der Waals surface area (Å²) in [5.41, 5.74) is 0.559. The first-order chi connectivity index (χ1) is 7.85. The molecule has 0 N–H and O–H groups in total. The number of benzene rings is 1. The minimum absolute atomic E-state index is 0.196. The average molecular weight is 211 g/mol. The summed E-state index contributed by atoms with van der Waals surface area (Å²) in [6.07, 6.45) is 2.49. The largest absolute Gasteiger partial charge is 0.448 e. The van der Waals surface area contributed by atoms with Crippen molar-refractivity contribution < 1.29 is 9.15 Å². The Morgan fingerprint density at radius 3 is 2.38 bits per heavy atom. The normalized spacial score (nSPS) is 9.12. The lowest BCUT2D eigenvalue weighted by Crippen LogP contribution is -1.92. The number of hydrogen-bond donors (Lipinski definition) is 0. The van der Waals surface area contributed by atoms with Crippen LogP contribution in [-0.2, 0) is 0 Å². The van der Waals surface area contributed by atoms with Crippen molar-refractivity contribution in [3.05, 3.63) is 42.0 Å². The molecule has 5 nitrogen and oxygen atoms in total. The molecular formula is C11H5N3O2. The van der Waals surface area contributed by atoms with Gasteiger partial charge in [0.05, 0.1) is 11.1 Å².